The van der Waals surface area contributed by atoms with Gasteiger partial charge in [-0.2, -0.15) is 5.10 Å². The minimum atomic E-state index is -0.354. The smallest absolute Gasteiger partial charge is 0.271 e. The fourth-order valence-electron chi connectivity index (χ4n) is 2.41. The molecule has 0 aliphatic rings. The number of carbonyl (C=O) groups excluding carboxylic acids is 2. The van der Waals surface area contributed by atoms with Gasteiger partial charge in [0.2, 0.25) is 0 Å². The average molecular weight is 534 g/mol. The molecule has 3 rings (SSSR count). The molecule has 8 heteroatoms. The van der Waals surface area contributed by atoms with Crippen molar-refractivity contribution in [1.82, 2.24) is 5.43 Å². The van der Waals surface area contributed by atoms with Crippen LogP contribution in [-0.2, 0) is 4.79 Å². The van der Waals surface area contributed by atoms with Crippen molar-refractivity contribution in [1.29, 1.82) is 0 Å². The number of hydrogen-bond acceptors (Lipinski definition) is 4. The molecule has 0 saturated heterocycles. The van der Waals surface area contributed by atoms with E-state index in [1.54, 1.807) is 48.5 Å². The summed E-state index contributed by atoms with van der Waals surface area (Å²) < 4.78 is 6.46. The van der Waals surface area contributed by atoms with E-state index in [1.807, 2.05) is 24.3 Å². The molecular weight excluding hydrogens is 517 g/mol. The van der Waals surface area contributed by atoms with Crippen molar-refractivity contribution in [2.75, 3.05) is 11.9 Å². The molecule has 2 N–H and O–H groups in total. The summed E-state index contributed by atoms with van der Waals surface area (Å²) in [7, 11) is 0. The van der Waals surface area contributed by atoms with Crippen molar-refractivity contribution in [2.24, 2.45) is 5.10 Å². The third-order valence-electron chi connectivity index (χ3n) is 3.86. The van der Waals surface area contributed by atoms with Gasteiger partial charge in [0.1, 0.15) is 5.75 Å². The molecule has 0 radical (unpaired) electrons. The van der Waals surface area contributed by atoms with Gasteiger partial charge in [-0.05, 0) is 82.8 Å². The molecule has 3 aromatic carbocycles. The van der Waals surface area contributed by atoms with Crippen LogP contribution in [0, 0.1) is 3.57 Å². The number of rotatable bonds is 7. The van der Waals surface area contributed by atoms with Crippen LogP contribution < -0.4 is 15.5 Å². The number of para-hydroxylation sites is 1. The van der Waals surface area contributed by atoms with Crippen molar-refractivity contribution >= 4 is 57.9 Å². The van der Waals surface area contributed by atoms with Gasteiger partial charge in [0.05, 0.1) is 11.9 Å². The highest BCUT2D eigenvalue weighted by molar-refractivity contribution is 14.1. The number of benzene rings is 3. The highest BCUT2D eigenvalue weighted by Crippen LogP contribution is 2.17. The number of nitrogens with zero attached hydrogens (tertiary/aromatic N) is 1. The van der Waals surface area contributed by atoms with Crippen molar-refractivity contribution in [3.05, 3.63) is 92.5 Å². The maximum atomic E-state index is 12.0. The van der Waals surface area contributed by atoms with Crippen LogP contribution >= 0.6 is 34.2 Å². The molecule has 152 valence electrons. The Morgan fingerprint density at radius 1 is 1.03 bits per heavy atom. The fourth-order valence-corrected chi connectivity index (χ4v) is 3.12. The van der Waals surface area contributed by atoms with Gasteiger partial charge in [0, 0.05) is 14.2 Å². The molecule has 3 aromatic rings. The van der Waals surface area contributed by atoms with Crippen LogP contribution in [0.1, 0.15) is 15.9 Å². The largest absolute Gasteiger partial charge is 0.484 e. The van der Waals surface area contributed by atoms with Crippen LogP contribution in [-0.4, -0.2) is 24.6 Å². The van der Waals surface area contributed by atoms with Gasteiger partial charge in [0.15, 0.2) is 6.61 Å². The molecular formula is C22H17ClIN3O3. The average Bonchev–Trinajstić information content (AvgIpc) is 2.75. The van der Waals surface area contributed by atoms with Crippen molar-refractivity contribution < 1.29 is 14.3 Å². The Labute approximate surface area is 192 Å². The SMILES string of the molecule is O=C(COc1ccc(/C=N\NC(=O)c2cccc(Cl)c2)cc1)Nc1ccccc1I. The van der Waals surface area contributed by atoms with E-state index < -0.39 is 0 Å². The number of anilines is 1. The number of hydrazone groups is 1. The van der Waals surface area contributed by atoms with Gasteiger partial charge in [-0.1, -0.05) is 29.8 Å². The summed E-state index contributed by atoms with van der Waals surface area (Å²) in [5.41, 5.74) is 4.38. The molecule has 0 aromatic heterocycles. The summed E-state index contributed by atoms with van der Waals surface area (Å²) in [6.07, 6.45) is 1.51. The Kier molecular flexibility index (Phi) is 7.81. The molecule has 0 fully saturated rings. The first kappa shape index (κ1) is 21.8. The minimum Gasteiger partial charge on any atom is -0.484 e. The summed E-state index contributed by atoms with van der Waals surface area (Å²) in [6.45, 7) is -0.103. The summed E-state index contributed by atoms with van der Waals surface area (Å²) in [4.78, 5) is 24.0. The Hall–Kier alpha value is -2.91. The van der Waals surface area contributed by atoms with E-state index in [4.69, 9.17) is 16.3 Å². The van der Waals surface area contributed by atoms with Gasteiger partial charge in [-0.15, -0.1) is 0 Å². The Morgan fingerprint density at radius 2 is 1.80 bits per heavy atom. The zero-order valence-corrected chi connectivity index (χ0v) is 18.6. The van der Waals surface area contributed by atoms with E-state index >= 15 is 0 Å². The molecule has 2 amide bonds. The fraction of sp³-hybridized carbons (Fsp3) is 0.0455. The van der Waals surface area contributed by atoms with Gasteiger partial charge in [0.25, 0.3) is 11.8 Å². The first-order valence-electron chi connectivity index (χ1n) is 8.87. The number of ether oxygens (including phenoxy) is 1. The highest BCUT2D eigenvalue weighted by atomic mass is 127. The predicted octanol–water partition coefficient (Wildman–Crippen LogP) is 4.73. The molecule has 0 unspecified atom stereocenters. The zero-order valence-electron chi connectivity index (χ0n) is 15.6. The molecule has 0 saturated carbocycles. The van der Waals surface area contributed by atoms with Crippen LogP contribution in [0.15, 0.2) is 77.9 Å². The van der Waals surface area contributed by atoms with Crippen LogP contribution in [0.3, 0.4) is 0 Å². The molecule has 0 bridgehead atoms. The first-order valence-corrected chi connectivity index (χ1v) is 10.3. The third-order valence-corrected chi connectivity index (χ3v) is 5.04. The lowest BCUT2D eigenvalue weighted by molar-refractivity contribution is -0.118. The molecule has 0 aliphatic carbocycles. The Bertz CT molecular complexity index is 1070. The third kappa shape index (κ3) is 6.57. The molecule has 0 aliphatic heterocycles. The standard InChI is InChI=1S/C22H17ClIN3O3/c23-17-5-3-4-16(12-17)22(29)27-25-13-15-8-10-18(11-9-15)30-14-21(28)26-20-7-2-1-6-19(20)24/h1-13H,14H2,(H,26,28)(H,27,29)/b25-13-. The van der Waals surface area contributed by atoms with Crippen molar-refractivity contribution in [3.8, 4) is 5.75 Å². The number of nitrogens with one attached hydrogen (secondary N) is 2. The summed E-state index contributed by atoms with van der Waals surface area (Å²) in [6, 6.07) is 21.1. The topological polar surface area (TPSA) is 79.8 Å². The second-order valence-electron chi connectivity index (χ2n) is 6.10. The lowest BCUT2D eigenvalue weighted by atomic mass is 10.2. The van der Waals surface area contributed by atoms with Crippen molar-refractivity contribution in [3.63, 3.8) is 0 Å². The lowest BCUT2D eigenvalue weighted by Crippen LogP contribution is -2.20. The number of halogens is 2. The van der Waals surface area contributed by atoms with E-state index in [1.165, 1.54) is 6.21 Å². The van der Waals surface area contributed by atoms with Gasteiger partial charge >= 0.3 is 0 Å². The highest BCUT2D eigenvalue weighted by Gasteiger charge is 2.06. The molecule has 0 atom stereocenters. The van der Waals surface area contributed by atoms with Crippen LogP contribution in [0.5, 0.6) is 5.75 Å². The van der Waals surface area contributed by atoms with Crippen molar-refractivity contribution in [2.45, 2.75) is 0 Å². The Morgan fingerprint density at radius 3 is 2.53 bits per heavy atom. The number of carbonyl (C=O) groups is 2. The van der Waals surface area contributed by atoms with Gasteiger partial charge in [-0.3, -0.25) is 9.59 Å². The summed E-state index contributed by atoms with van der Waals surface area (Å²) >= 11 is 8.03. The monoisotopic (exact) mass is 533 g/mol. The van der Waals surface area contributed by atoms with E-state index in [2.05, 4.69) is 38.4 Å². The molecule has 0 spiro atoms. The van der Waals surface area contributed by atoms with E-state index in [-0.39, 0.29) is 18.4 Å². The summed E-state index contributed by atoms with van der Waals surface area (Å²) in [5.74, 6) is -0.0469. The van der Waals surface area contributed by atoms with Crippen LogP contribution in [0.25, 0.3) is 0 Å². The number of hydrogen-bond donors (Lipinski definition) is 2. The second kappa shape index (κ2) is 10.7. The second-order valence-corrected chi connectivity index (χ2v) is 7.69. The van der Waals surface area contributed by atoms with Gasteiger partial charge in [-0.25, -0.2) is 5.43 Å². The quantitative estimate of drug-likeness (QED) is 0.262. The molecule has 6 nitrogen and oxygen atoms in total. The first-order chi connectivity index (χ1) is 14.5. The number of amides is 2. The zero-order chi connectivity index (χ0) is 21.3. The van der Waals surface area contributed by atoms with Gasteiger partial charge < -0.3 is 10.1 Å². The van der Waals surface area contributed by atoms with E-state index in [0.717, 1.165) is 14.8 Å². The minimum absolute atomic E-state index is 0.103. The normalized spacial score (nSPS) is 10.6. The summed E-state index contributed by atoms with van der Waals surface area (Å²) in [5, 5.41) is 7.22. The Balaban J connectivity index is 1.47. The predicted molar refractivity (Wildman–Crippen MR) is 126 cm³/mol. The molecule has 0 heterocycles. The molecule has 30 heavy (non-hydrogen) atoms. The maximum absolute atomic E-state index is 12.0. The van der Waals surface area contributed by atoms with Crippen LogP contribution in [0.4, 0.5) is 5.69 Å². The van der Waals surface area contributed by atoms with Crippen LogP contribution in [0.2, 0.25) is 5.02 Å². The lowest BCUT2D eigenvalue weighted by Gasteiger charge is -2.09. The maximum Gasteiger partial charge on any atom is 0.271 e. The van der Waals surface area contributed by atoms with E-state index in [9.17, 15) is 9.59 Å². The van der Waals surface area contributed by atoms with E-state index in [0.29, 0.717) is 16.3 Å².